The largest absolute Gasteiger partial charge is 1.00 e. The third-order valence-electron chi connectivity index (χ3n) is 9.86. The summed E-state index contributed by atoms with van der Waals surface area (Å²) >= 11 is -2.20. The van der Waals surface area contributed by atoms with Crippen LogP contribution in [0.3, 0.4) is 0 Å². The van der Waals surface area contributed by atoms with Gasteiger partial charge < -0.3 is 24.8 Å². The molecule has 6 aromatic rings. The molecule has 0 N–H and O–H groups in total. The van der Waals surface area contributed by atoms with E-state index in [-0.39, 0.29) is 24.8 Å². The molecule has 4 heteroatoms. The summed E-state index contributed by atoms with van der Waals surface area (Å²) in [7, 11) is 0. The average molecular weight is 719 g/mol. The molecule has 6 aromatic carbocycles. The van der Waals surface area contributed by atoms with Crippen LogP contribution in [0.2, 0.25) is 13.1 Å². The first-order valence-corrected chi connectivity index (χ1v) is 24.5. The van der Waals surface area contributed by atoms with Crippen LogP contribution >= 0.6 is 0 Å². The van der Waals surface area contributed by atoms with Gasteiger partial charge in [0.05, 0.1) is 0 Å². The summed E-state index contributed by atoms with van der Waals surface area (Å²) in [5.41, 5.74) is 15.9. The zero-order chi connectivity index (χ0) is 29.4. The predicted octanol–water partition coefficient (Wildman–Crippen LogP) is 5.38. The Kier molecular flexibility index (Phi) is 8.92. The molecule has 0 heterocycles. The minimum absolute atomic E-state index is 0. The molecule has 0 aromatic heterocycles. The van der Waals surface area contributed by atoms with Gasteiger partial charge in [-0.15, -0.1) is 0 Å². The molecular formula is C41H36Cl2SiZr. The smallest absolute Gasteiger partial charge is 1.00 e. The topological polar surface area (TPSA) is 0 Å². The van der Waals surface area contributed by atoms with Crippen LogP contribution < -0.4 is 24.8 Å². The van der Waals surface area contributed by atoms with Crippen molar-refractivity contribution in [3.63, 3.8) is 0 Å². The summed E-state index contributed by atoms with van der Waals surface area (Å²) in [5.74, 6) is 0. The molecule has 1 unspecified atom stereocenters. The van der Waals surface area contributed by atoms with Crippen molar-refractivity contribution in [2.24, 2.45) is 0 Å². The quantitative estimate of drug-likeness (QED) is 0.171. The third kappa shape index (κ3) is 5.14. The fourth-order valence-electron chi connectivity index (χ4n) is 8.06. The molecule has 8 rings (SSSR count). The number of allylic oxidation sites excluding steroid dienone is 1. The van der Waals surface area contributed by atoms with Crippen LogP contribution in [-0.2, 0) is 20.4 Å². The Labute approximate surface area is 287 Å². The minimum Gasteiger partial charge on any atom is -1.00 e. The van der Waals surface area contributed by atoms with Crippen LogP contribution in [0.1, 0.15) is 47.6 Å². The number of fused-ring (bicyclic) bond motifs is 7. The Morgan fingerprint density at radius 2 is 1.11 bits per heavy atom. The SMILES string of the molecule is CC1=Cc2c(-c3cc4ccccc4c4ccccc34)cccc2[CH]1[Zr+2]([CH]1c2cc(C)ccc2-c2ccc(C)cc21)=[Si](C)C.[Cl-].[Cl-]. The molecule has 2 aliphatic carbocycles. The van der Waals surface area contributed by atoms with Crippen LogP contribution in [0.5, 0.6) is 0 Å². The molecular weight excluding hydrogens is 683 g/mol. The number of benzene rings is 6. The van der Waals surface area contributed by atoms with Crippen molar-refractivity contribution in [1.29, 1.82) is 0 Å². The molecule has 222 valence electrons. The fourth-order valence-corrected chi connectivity index (χ4v) is 28.3. The molecule has 0 fully saturated rings. The van der Waals surface area contributed by atoms with Gasteiger partial charge in [0.25, 0.3) is 0 Å². The van der Waals surface area contributed by atoms with Gasteiger partial charge >= 0.3 is 265 Å². The second-order valence-electron chi connectivity index (χ2n) is 12.9. The Hall–Kier alpha value is -2.74. The maximum Gasteiger partial charge on any atom is -1.00 e. The molecule has 0 aliphatic heterocycles. The third-order valence-corrected chi connectivity index (χ3v) is 29.4. The van der Waals surface area contributed by atoms with Gasteiger partial charge in [-0.05, 0) is 0 Å². The first kappa shape index (κ1) is 32.2. The maximum atomic E-state index is 2.63. The Balaban J connectivity index is 0.00000179. The van der Waals surface area contributed by atoms with Crippen molar-refractivity contribution >= 4 is 33.1 Å². The molecule has 45 heavy (non-hydrogen) atoms. The summed E-state index contributed by atoms with van der Waals surface area (Å²) in [6, 6.07) is 42.0. The number of hydrogen-bond acceptors (Lipinski definition) is 0. The van der Waals surface area contributed by atoms with Crippen molar-refractivity contribution < 1.29 is 45.2 Å². The Bertz CT molecular complexity index is 2150. The zero-order valence-corrected chi connectivity index (χ0v) is 31.4. The van der Waals surface area contributed by atoms with Crippen LogP contribution in [-0.4, -0.2) is 5.43 Å². The van der Waals surface area contributed by atoms with Crippen molar-refractivity contribution in [1.82, 2.24) is 0 Å². The number of hydrogen-bond donors (Lipinski definition) is 0. The summed E-state index contributed by atoms with van der Waals surface area (Å²) in [4.78, 5) is 0. The van der Waals surface area contributed by atoms with E-state index in [4.69, 9.17) is 0 Å². The van der Waals surface area contributed by atoms with Crippen LogP contribution in [0.4, 0.5) is 0 Å². The first-order chi connectivity index (χ1) is 20.9. The van der Waals surface area contributed by atoms with Gasteiger partial charge in [0.2, 0.25) is 0 Å². The van der Waals surface area contributed by atoms with E-state index in [0.29, 0.717) is 7.25 Å². The summed E-state index contributed by atoms with van der Waals surface area (Å²) in [5, 5.41) is 5.35. The van der Waals surface area contributed by atoms with E-state index >= 15 is 0 Å². The van der Waals surface area contributed by atoms with Crippen molar-refractivity contribution in [2.45, 2.75) is 41.1 Å². The Morgan fingerprint density at radius 3 is 1.76 bits per heavy atom. The zero-order valence-electron chi connectivity index (χ0n) is 26.4. The second kappa shape index (κ2) is 12.5. The molecule has 2 aliphatic rings. The Morgan fingerprint density at radius 1 is 0.511 bits per heavy atom. The van der Waals surface area contributed by atoms with Crippen LogP contribution in [0.15, 0.2) is 115 Å². The molecule has 0 spiro atoms. The van der Waals surface area contributed by atoms with E-state index in [9.17, 15) is 0 Å². The number of halogens is 2. The summed E-state index contributed by atoms with van der Waals surface area (Å²) in [6.45, 7) is 12.3. The van der Waals surface area contributed by atoms with E-state index in [1.165, 1.54) is 60.5 Å². The standard InChI is InChI=1S/C24H17.C15H13.C2H6Si.2ClH.Zr/c1-16-13-17-8-6-12-22(23(17)14-16)24-15-18-7-2-3-9-19(18)20-10-4-5-11-21(20)24;1-10-3-5-14-12(7-10)9-13-8-11(2)4-6-15(13)14;1-3-2;;;/h2-15H,1H3;3-9H,1-2H3;1-2H3;2*1H;/q;;;;;+2/p-2. The van der Waals surface area contributed by atoms with Gasteiger partial charge in [0.1, 0.15) is 0 Å². The summed E-state index contributed by atoms with van der Waals surface area (Å²) in [6.07, 6.45) is 2.58. The second-order valence-corrected chi connectivity index (χ2v) is 30.8. The van der Waals surface area contributed by atoms with Crippen LogP contribution in [0, 0.1) is 13.8 Å². The molecule has 0 nitrogen and oxygen atoms in total. The van der Waals surface area contributed by atoms with E-state index in [0.717, 1.165) is 0 Å². The molecule has 0 saturated carbocycles. The van der Waals surface area contributed by atoms with Crippen molar-refractivity contribution in [3.8, 4) is 22.3 Å². The van der Waals surface area contributed by atoms with Gasteiger partial charge in [0, 0.05) is 0 Å². The predicted molar refractivity (Wildman–Crippen MR) is 184 cm³/mol. The molecule has 0 amide bonds. The van der Waals surface area contributed by atoms with Crippen molar-refractivity contribution in [3.05, 3.63) is 148 Å². The van der Waals surface area contributed by atoms with Crippen LogP contribution in [0.25, 0.3) is 49.9 Å². The molecule has 1 atom stereocenters. The van der Waals surface area contributed by atoms with Crippen molar-refractivity contribution in [2.75, 3.05) is 0 Å². The maximum absolute atomic E-state index is 2.63. The van der Waals surface area contributed by atoms with Gasteiger partial charge in [-0.3, -0.25) is 0 Å². The molecule has 0 bridgehead atoms. The summed E-state index contributed by atoms with van der Waals surface area (Å²) < 4.78 is 1.22. The van der Waals surface area contributed by atoms with E-state index in [1.54, 1.807) is 22.3 Å². The van der Waals surface area contributed by atoms with E-state index < -0.39 is 25.8 Å². The first-order valence-electron chi connectivity index (χ1n) is 15.5. The molecule has 0 radical (unpaired) electrons. The molecule has 0 saturated heterocycles. The van der Waals surface area contributed by atoms with Gasteiger partial charge in [-0.1, -0.05) is 0 Å². The number of aryl methyl sites for hydroxylation is 2. The average Bonchev–Trinajstić information content (AvgIpc) is 3.50. The monoisotopic (exact) mass is 716 g/mol. The van der Waals surface area contributed by atoms with Gasteiger partial charge in [-0.25, -0.2) is 0 Å². The van der Waals surface area contributed by atoms with Gasteiger partial charge in [0.15, 0.2) is 0 Å². The minimum atomic E-state index is -2.20. The van der Waals surface area contributed by atoms with E-state index in [1.807, 2.05) is 0 Å². The van der Waals surface area contributed by atoms with E-state index in [2.05, 4.69) is 149 Å². The number of rotatable bonds is 3. The normalized spacial score (nSPS) is 14.5. The van der Waals surface area contributed by atoms with Gasteiger partial charge in [-0.2, -0.15) is 0 Å². The fraction of sp³-hybridized carbons (Fsp3) is 0.171.